The van der Waals surface area contributed by atoms with Gasteiger partial charge in [0.2, 0.25) is 0 Å². The highest BCUT2D eigenvalue weighted by molar-refractivity contribution is 6.28. The van der Waals surface area contributed by atoms with Gasteiger partial charge in [-0.05, 0) is 6.42 Å². The second-order valence-electron chi connectivity index (χ2n) is 1.98. The Morgan fingerprint density at radius 3 is 2.00 bits per heavy atom. The molecule has 1 unspecified atom stereocenters. The number of hydrogen-bond acceptors (Lipinski definition) is 3. The molecule has 0 aliphatic heterocycles. The van der Waals surface area contributed by atoms with Gasteiger partial charge in [0.25, 0.3) is 0 Å². The average molecular weight is 219 g/mol. The quantitative estimate of drug-likeness (QED) is 0.673. The molecule has 3 nitrogen and oxygen atoms in total. The minimum Gasteiger partial charge on any atom is -0.396 e. The van der Waals surface area contributed by atoms with Crippen molar-refractivity contribution >= 4 is 23.2 Å². The van der Waals surface area contributed by atoms with Gasteiger partial charge in [0.05, 0.1) is 13.2 Å². The molecule has 0 aromatic rings. The molecule has 0 rings (SSSR count). The maximum absolute atomic E-state index is 8.22. The Bertz CT molecular complexity index is 71.7. The van der Waals surface area contributed by atoms with E-state index in [1.54, 1.807) is 7.11 Å². The second kappa shape index (κ2) is 14.0. The molecule has 0 aromatic heterocycles. The van der Waals surface area contributed by atoms with Gasteiger partial charge in [0.15, 0.2) is 0 Å². The molecule has 0 aromatic carbocycles. The molecular weight excluding hydrogens is 203 g/mol. The third kappa shape index (κ3) is 16.8. The molecule has 0 aliphatic carbocycles. The standard InChI is InChI=1S/C4H8Cl2O.C3H8O2/c5-3-4(6)1-2-7;1-5-3-2-4/h4,7H,1-3H2;4H,2-3H2,1H3. The van der Waals surface area contributed by atoms with Gasteiger partial charge in [-0.15, -0.1) is 23.2 Å². The summed E-state index contributed by atoms with van der Waals surface area (Å²) < 4.78 is 4.44. The van der Waals surface area contributed by atoms with Crippen molar-refractivity contribution in [3.05, 3.63) is 0 Å². The molecule has 0 saturated heterocycles. The third-order valence-electron chi connectivity index (χ3n) is 0.905. The van der Waals surface area contributed by atoms with E-state index in [2.05, 4.69) is 4.74 Å². The number of ether oxygens (including phenoxy) is 1. The normalized spacial score (nSPS) is 11.8. The van der Waals surface area contributed by atoms with Crippen molar-refractivity contribution in [2.45, 2.75) is 11.8 Å². The summed E-state index contributed by atoms with van der Waals surface area (Å²) in [5.41, 5.74) is 0. The molecule has 0 spiro atoms. The van der Waals surface area contributed by atoms with E-state index in [0.717, 1.165) is 0 Å². The van der Waals surface area contributed by atoms with E-state index in [1.165, 1.54) is 0 Å². The summed E-state index contributed by atoms with van der Waals surface area (Å²) in [6.07, 6.45) is 0.588. The summed E-state index contributed by atoms with van der Waals surface area (Å²) in [5, 5.41) is 16.1. The second-order valence-corrected chi connectivity index (χ2v) is 2.91. The van der Waals surface area contributed by atoms with Gasteiger partial charge in [-0.25, -0.2) is 0 Å². The number of hydrogen-bond donors (Lipinski definition) is 2. The first-order chi connectivity index (χ1) is 5.72. The molecule has 12 heavy (non-hydrogen) atoms. The van der Waals surface area contributed by atoms with Crippen molar-refractivity contribution < 1.29 is 14.9 Å². The Hall–Kier alpha value is 0.460. The van der Waals surface area contributed by atoms with Crippen LogP contribution in [0.4, 0.5) is 0 Å². The minimum atomic E-state index is -0.0633. The fourth-order valence-electron chi connectivity index (χ4n) is 0.309. The van der Waals surface area contributed by atoms with Crippen molar-refractivity contribution in [3.8, 4) is 0 Å². The predicted octanol–water partition coefficient (Wildman–Crippen LogP) is 0.840. The zero-order valence-electron chi connectivity index (χ0n) is 7.17. The van der Waals surface area contributed by atoms with Crippen LogP contribution in [0.1, 0.15) is 6.42 Å². The number of rotatable bonds is 5. The van der Waals surface area contributed by atoms with Crippen LogP contribution in [-0.2, 0) is 4.74 Å². The van der Waals surface area contributed by atoms with Crippen LogP contribution in [0.15, 0.2) is 0 Å². The van der Waals surface area contributed by atoms with Gasteiger partial charge >= 0.3 is 0 Å². The van der Waals surface area contributed by atoms with E-state index in [-0.39, 0.29) is 18.6 Å². The number of halogens is 2. The number of aliphatic hydroxyl groups excluding tert-OH is 2. The lowest BCUT2D eigenvalue weighted by Gasteiger charge is -1.97. The molecule has 0 bridgehead atoms. The van der Waals surface area contributed by atoms with E-state index >= 15 is 0 Å². The topological polar surface area (TPSA) is 49.7 Å². The summed E-state index contributed by atoms with van der Waals surface area (Å²) in [4.78, 5) is 0. The number of methoxy groups -OCH3 is 1. The van der Waals surface area contributed by atoms with Crippen molar-refractivity contribution in [2.75, 3.05) is 32.8 Å². The van der Waals surface area contributed by atoms with E-state index in [9.17, 15) is 0 Å². The van der Waals surface area contributed by atoms with Gasteiger partial charge in [0, 0.05) is 25.0 Å². The molecule has 0 aliphatic rings. The highest BCUT2D eigenvalue weighted by Crippen LogP contribution is 2.01. The molecule has 0 saturated carbocycles. The summed E-state index contributed by atoms with van der Waals surface area (Å²) in [7, 11) is 1.55. The van der Waals surface area contributed by atoms with Crippen LogP contribution < -0.4 is 0 Å². The highest BCUT2D eigenvalue weighted by Gasteiger charge is 1.97. The largest absolute Gasteiger partial charge is 0.396 e. The fourth-order valence-corrected chi connectivity index (χ4v) is 0.560. The SMILES string of the molecule is COCCO.OCCC(Cl)CCl. The van der Waals surface area contributed by atoms with Crippen LogP contribution in [0.5, 0.6) is 0 Å². The lowest BCUT2D eigenvalue weighted by atomic mass is 10.3. The zero-order valence-corrected chi connectivity index (χ0v) is 8.68. The summed E-state index contributed by atoms with van der Waals surface area (Å²) >= 11 is 10.8. The smallest absolute Gasteiger partial charge is 0.0693 e. The van der Waals surface area contributed by atoms with Crippen molar-refractivity contribution in [2.24, 2.45) is 0 Å². The molecule has 5 heteroatoms. The Balaban J connectivity index is 0. The van der Waals surface area contributed by atoms with Crippen LogP contribution in [0.25, 0.3) is 0 Å². The monoisotopic (exact) mass is 218 g/mol. The van der Waals surface area contributed by atoms with E-state index < -0.39 is 0 Å². The van der Waals surface area contributed by atoms with Gasteiger partial charge < -0.3 is 14.9 Å². The molecule has 76 valence electrons. The molecule has 1 atom stereocenters. The highest BCUT2D eigenvalue weighted by atomic mass is 35.5. The maximum Gasteiger partial charge on any atom is 0.0693 e. The van der Waals surface area contributed by atoms with E-state index in [4.69, 9.17) is 33.4 Å². The summed E-state index contributed by atoms with van der Waals surface area (Å²) in [5.74, 6) is 0.419. The Morgan fingerprint density at radius 1 is 1.33 bits per heavy atom. The van der Waals surface area contributed by atoms with Crippen LogP contribution in [0, 0.1) is 0 Å². The van der Waals surface area contributed by atoms with Crippen molar-refractivity contribution in [1.82, 2.24) is 0 Å². The van der Waals surface area contributed by atoms with Crippen molar-refractivity contribution in [3.63, 3.8) is 0 Å². The molecular formula is C7H16Cl2O3. The van der Waals surface area contributed by atoms with Gasteiger partial charge in [-0.3, -0.25) is 0 Å². The first-order valence-electron chi connectivity index (χ1n) is 3.63. The Kier molecular flexibility index (Phi) is 17.5. The lowest BCUT2D eigenvalue weighted by Crippen LogP contribution is -2.01. The van der Waals surface area contributed by atoms with Gasteiger partial charge in [-0.2, -0.15) is 0 Å². The van der Waals surface area contributed by atoms with E-state index in [0.29, 0.717) is 18.9 Å². The minimum absolute atomic E-state index is 0.0633. The van der Waals surface area contributed by atoms with Gasteiger partial charge in [0.1, 0.15) is 0 Å². The summed E-state index contributed by atoms with van der Waals surface area (Å²) in [6, 6.07) is 0. The average Bonchev–Trinajstić information content (AvgIpc) is 2.07. The van der Waals surface area contributed by atoms with Crippen LogP contribution in [0.2, 0.25) is 0 Å². The summed E-state index contributed by atoms with van der Waals surface area (Å²) in [6.45, 7) is 0.692. The number of aliphatic hydroxyl groups is 2. The van der Waals surface area contributed by atoms with E-state index in [1.807, 2.05) is 0 Å². The molecule has 0 amide bonds. The van der Waals surface area contributed by atoms with Crippen LogP contribution >= 0.6 is 23.2 Å². The molecule has 2 N–H and O–H groups in total. The first kappa shape index (κ1) is 15.0. The van der Waals surface area contributed by atoms with Gasteiger partial charge in [-0.1, -0.05) is 0 Å². The Morgan fingerprint density at radius 2 is 1.92 bits per heavy atom. The first-order valence-corrected chi connectivity index (χ1v) is 4.60. The zero-order chi connectivity index (χ0) is 9.82. The third-order valence-corrected chi connectivity index (χ3v) is 1.81. The fraction of sp³-hybridized carbons (Fsp3) is 1.00. The van der Waals surface area contributed by atoms with Crippen LogP contribution in [0.3, 0.4) is 0 Å². The Labute approximate surface area is 83.2 Å². The predicted molar refractivity (Wildman–Crippen MR) is 51.0 cm³/mol. The van der Waals surface area contributed by atoms with Crippen LogP contribution in [-0.4, -0.2) is 48.4 Å². The molecule has 0 radical (unpaired) electrons. The van der Waals surface area contributed by atoms with Crippen molar-refractivity contribution in [1.29, 1.82) is 0 Å². The number of alkyl halides is 2. The molecule has 0 fully saturated rings. The molecule has 0 heterocycles. The maximum atomic E-state index is 8.22. The lowest BCUT2D eigenvalue weighted by molar-refractivity contribution is 0.135.